The van der Waals surface area contributed by atoms with Gasteiger partial charge in [-0.1, -0.05) is 6.07 Å². The number of carbonyl (C=O) groups excluding carboxylic acids is 1. The second kappa shape index (κ2) is 7.65. The second-order valence-corrected chi connectivity index (χ2v) is 7.57. The van der Waals surface area contributed by atoms with Crippen molar-refractivity contribution < 1.29 is 22.3 Å². The van der Waals surface area contributed by atoms with Crippen molar-refractivity contribution >= 4 is 27.4 Å². The van der Waals surface area contributed by atoms with Gasteiger partial charge in [-0.15, -0.1) is 0 Å². The highest BCUT2D eigenvalue weighted by Gasteiger charge is 2.22. The van der Waals surface area contributed by atoms with E-state index >= 15 is 0 Å². The molecule has 1 heterocycles. The summed E-state index contributed by atoms with van der Waals surface area (Å²) in [5.74, 6) is -1.30. The number of esters is 1. The first kappa shape index (κ1) is 19.9. The summed E-state index contributed by atoms with van der Waals surface area (Å²) >= 11 is 0. The van der Waals surface area contributed by atoms with E-state index < -0.39 is 21.8 Å². The van der Waals surface area contributed by atoms with E-state index in [0.29, 0.717) is 5.69 Å². The lowest BCUT2D eigenvalue weighted by molar-refractivity contribution is 0.0593. The zero-order chi connectivity index (χ0) is 21.2. The van der Waals surface area contributed by atoms with E-state index in [0.717, 1.165) is 24.3 Å². The average molecular weight is 414 g/mol. The molecule has 148 valence electrons. The van der Waals surface area contributed by atoms with Gasteiger partial charge < -0.3 is 15.0 Å². The Kier molecular flexibility index (Phi) is 5.25. The predicted molar refractivity (Wildman–Crippen MR) is 103 cm³/mol. The Morgan fingerprint density at radius 2 is 1.93 bits per heavy atom. The van der Waals surface area contributed by atoms with Gasteiger partial charge in [0.1, 0.15) is 11.9 Å². The largest absolute Gasteiger partial charge is 0.464 e. The molecular weight excluding hydrogens is 399 g/mol. The van der Waals surface area contributed by atoms with Crippen LogP contribution in [0.2, 0.25) is 0 Å². The number of halogens is 1. The monoisotopic (exact) mass is 414 g/mol. The molecule has 0 saturated heterocycles. The first-order valence-electron chi connectivity index (χ1n) is 8.15. The summed E-state index contributed by atoms with van der Waals surface area (Å²) < 4.78 is 46.5. The van der Waals surface area contributed by atoms with Gasteiger partial charge >= 0.3 is 5.97 Å². The molecule has 3 N–H and O–H groups in total. The van der Waals surface area contributed by atoms with Gasteiger partial charge in [0.2, 0.25) is 0 Å². The maximum atomic E-state index is 13.0. The molecule has 0 aliphatic rings. The number of sulfonamides is 1. The molecular formula is C19H15FN4O4S. The summed E-state index contributed by atoms with van der Waals surface area (Å²) in [7, 11) is -2.78. The van der Waals surface area contributed by atoms with Gasteiger partial charge in [-0.25, -0.2) is 17.6 Å². The molecule has 0 aliphatic carbocycles. The smallest absolute Gasteiger partial charge is 0.357 e. The third kappa shape index (κ3) is 3.90. The van der Waals surface area contributed by atoms with Crippen LogP contribution in [0.4, 0.5) is 15.8 Å². The van der Waals surface area contributed by atoms with Crippen LogP contribution < -0.4 is 10.5 Å². The molecule has 0 atom stereocenters. The van der Waals surface area contributed by atoms with E-state index in [2.05, 4.69) is 4.72 Å². The number of aromatic nitrogens is 1. The van der Waals surface area contributed by atoms with Crippen LogP contribution in [0, 0.1) is 17.1 Å². The molecule has 8 nitrogen and oxygen atoms in total. The van der Waals surface area contributed by atoms with Gasteiger partial charge in [0.05, 0.1) is 28.9 Å². The van der Waals surface area contributed by atoms with Crippen LogP contribution >= 0.6 is 0 Å². The van der Waals surface area contributed by atoms with Crippen LogP contribution in [0.1, 0.15) is 16.1 Å². The second-order valence-electron chi connectivity index (χ2n) is 5.89. The average Bonchev–Trinajstić information content (AvgIpc) is 3.04. The van der Waals surface area contributed by atoms with Crippen molar-refractivity contribution in [2.45, 2.75) is 4.90 Å². The highest BCUT2D eigenvalue weighted by Crippen LogP contribution is 2.26. The number of nitrogens with zero attached hydrogens (tertiary/aromatic N) is 2. The lowest BCUT2D eigenvalue weighted by atomic mass is 10.2. The molecule has 3 aromatic rings. The molecule has 29 heavy (non-hydrogen) atoms. The lowest BCUT2D eigenvalue weighted by Crippen LogP contribution is -2.14. The fourth-order valence-electron chi connectivity index (χ4n) is 2.67. The van der Waals surface area contributed by atoms with E-state index in [1.165, 1.54) is 30.0 Å². The number of ether oxygens (including phenoxy) is 1. The van der Waals surface area contributed by atoms with Crippen LogP contribution in [0.25, 0.3) is 5.69 Å². The fraction of sp³-hybridized carbons (Fsp3) is 0.0526. The van der Waals surface area contributed by atoms with E-state index in [-0.39, 0.29) is 27.5 Å². The molecule has 0 spiro atoms. The number of rotatable bonds is 5. The Labute approximate surface area is 166 Å². The lowest BCUT2D eigenvalue weighted by Gasteiger charge is -2.12. The minimum absolute atomic E-state index is 0.0448. The number of carbonyl (C=O) groups is 1. The molecule has 0 amide bonds. The number of nitrogens with two attached hydrogens (primary N) is 1. The van der Waals surface area contributed by atoms with Gasteiger partial charge in [-0.05, 0) is 42.5 Å². The molecule has 0 radical (unpaired) electrons. The zero-order valence-electron chi connectivity index (χ0n) is 15.1. The Morgan fingerprint density at radius 3 is 2.55 bits per heavy atom. The summed E-state index contributed by atoms with van der Waals surface area (Å²) in [5, 5.41) is 9.20. The van der Waals surface area contributed by atoms with Crippen LogP contribution in [0.15, 0.2) is 59.6 Å². The number of benzene rings is 2. The number of hydrogen-bond donors (Lipinski definition) is 2. The summed E-state index contributed by atoms with van der Waals surface area (Å²) in [6.07, 6.45) is 1.36. The number of nitrogen functional groups attached to an aromatic ring is 1. The topological polar surface area (TPSA) is 127 Å². The molecule has 0 saturated carbocycles. The Morgan fingerprint density at radius 1 is 1.24 bits per heavy atom. The fourth-order valence-corrected chi connectivity index (χ4v) is 3.71. The molecule has 3 rings (SSSR count). The van der Waals surface area contributed by atoms with E-state index in [1.54, 1.807) is 12.1 Å². The van der Waals surface area contributed by atoms with Gasteiger partial charge in [0.15, 0.2) is 5.69 Å². The third-order valence-corrected chi connectivity index (χ3v) is 5.44. The van der Waals surface area contributed by atoms with E-state index in [9.17, 15) is 22.9 Å². The predicted octanol–water partition coefficient (Wildman–Crippen LogP) is 2.66. The Hall–Kier alpha value is -3.84. The summed E-state index contributed by atoms with van der Waals surface area (Å²) in [4.78, 5) is 12.0. The third-order valence-electron chi connectivity index (χ3n) is 4.04. The SMILES string of the molecule is COC(=O)c1c(N)c(C#N)cn1-c1cccc(NS(=O)(=O)c2ccc(F)cc2)c1. The molecule has 2 aromatic carbocycles. The van der Waals surface area contributed by atoms with E-state index in [4.69, 9.17) is 10.5 Å². The number of nitrogens with one attached hydrogen (secondary N) is 1. The molecule has 0 unspecified atom stereocenters. The number of anilines is 2. The quantitative estimate of drug-likeness (QED) is 0.618. The molecule has 10 heteroatoms. The van der Waals surface area contributed by atoms with Crippen molar-refractivity contribution in [1.29, 1.82) is 5.26 Å². The Bertz CT molecular complexity index is 1230. The first-order chi connectivity index (χ1) is 13.8. The molecule has 0 bridgehead atoms. The summed E-state index contributed by atoms with van der Waals surface area (Å²) in [6, 6.07) is 12.4. The van der Waals surface area contributed by atoms with Gasteiger partial charge in [-0.2, -0.15) is 5.26 Å². The number of methoxy groups -OCH3 is 1. The van der Waals surface area contributed by atoms with Crippen molar-refractivity contribution in [3.8, 4) is 11.8 Å². The molecule has 0 fully saturated rings. The molecule has 1 aromatic heterocycles. The van der Waals surface area contributed by atoms with Gasteiger partial charge in [0.25, 0.3) is 10.0 Å². The molecule has 0 aliphatic heterocycles. The van der Waals surface area contributed by atoms with Gasteiger partial charge in [0, 0.05) is 11.9 Å². The van der Waals surface area contributed by atoms with Crippen LogP contribution in [0.3, 0.4) is 0 Å². The maximum Gasteiger partial charge on any atom is 0.357 e. The normalized spacial score (nSPS) is 10.9. The summed E-state index contributed by atoms with van der Waals surface area (Å²) in [6.45, 7) is 0. The van der Waals surface area contributed by atoms with Crippen molar-refractivity contribution in [3.05, 3.63) is 71.8 Å². The zero-order valence-corrected chi connectivity index (χ0v) is 15.9. The van der Waals surface area contributed by atoms with Gasteiger partial charge in [-0.3, -0.25) is 4.72 Å². The highest BCUT2D eigenvalue weighted by atomic mass is 32.2. The van der Waals surface area contributed by atoms with Crippen LogP contribution in [-0.2, 0) is 14.8 Å². The number of hydrogen-bond acceptors (Lipinski definition) is 6. The minimum Gasteiger partial charge on any atom is -0.464 e. The first-order valence-corrected chi connectivity index (χ1v) is 9.63. The van der Waals surface area contributed by atoms with Crippen LogP contribution in [0.5, 0.6) is 0 Å². The standard InChI is InChI=1S/C19H15FN4O4S/c1-28-19(25)18-17(22)12(10-21)11-24(18)15-4-2-3-14(9-15)23-29(26,27)16-7-5-13(20)6-8-16/h2-9,11,23H,22H2,1H3. The van der Waals surface area contributed by atoms with Crippen molar-refractivity contribution in [3.63, 3.8) is 0 Å². The van der Waals surface area contributed by atoms with Crippen molar-refractivity contribution in [1.82, 2.24) is 4.57 Å². The van der Waals surface area contributed by atoms with E-state index in [1.807, 2.05) is 6.07 Å². The maximum absolute atomic E-state index is 13.0. The Balaban J connectivity index is 2.02. The minimum atomic E-state index is -3.96. The highest BCUT2D eigenvalue weighted by molar-refractivity contribution is 7.92. The van der Waals surface area contributed by atoms with Crippen molar-refractivity contribution in [2.75, 3.05) is 17.6 Å². The van der Waals surface area contributed by atoms with Crippen LogP contribution in [-0.4, -0.2) is 26.1 Å². The van der Waals surface area contributed by atoms with Crippen molar-refractivity contribution in [2.24, 2.45) is 0 Å². The summed E-state index contributed by atoms with van der Waals surface area (Å²) in [5.41, 5.74) is 6.41. The number of nitriles is 1.